The zero-order chi connectivity index (χ0) is 10.6. The quantitative estimate of drug-likeness (QED) is 0.726. The lowest BCUT2D eigenvalue weighted by Gasteiger charge is -2.15. The number of hydrogen-bond acceptors (Lipinski definition) is 2. The van der Waals surface area contributed by atoms with Crippen molar-refractivity contribution in [2.75, 3.05) is 11.1 Å². The number of benzene rings is 1. The van der Waals surface area contributed by atoms with Gasteiger partial charge in [0.15, 0.2) is 0 Å². The second kappa shape index (κ2) is 4.84. The number of halogens is 1. The van der Waals surface area contributed by atoms with Crippen molar-refractivity contribution in [3.8, 4) is 0 Å². The number of nitrogen functional groups attached to an aromatic ring is 1. The van der Waals surface area contributed by atoms with Crippen molar-refractivity contribution in [3.63, 3.8) is 0 Å². The molecule has 0 heterocycles. The van der Waals surface area contributed by atoms with E-state index < -0.39 is 0 Å². The van der Waals surface area contributed by atoms with Crippen molar-refractivity contribution in [1.29, 1.82) is 0 Å². The molecule has 0 fully saturated rings. The standard InChI is InChI=1S/C11H17FN2/c1-3-4-8(2)14-11-7-9(12)5-6-10(11)13/h5-8,14H,3-4,13H2,1-2H3. The molecule has 1 aromatic carbocycles. The van der Waals surface area contributed by atoms with Crippen molar-refractivity contribution in [2.24, 2.45) is 0 Å². The molecule has 78 valence electrons. The molecule has 0 saturated heterocycles. The van der Waals surface area contributed by atoms with Gasteiger partial charge in [-0.1, -0.05) is 13.3 Å². The summed E-state index contributed by atoms with van der Waals surface area (Å²) in [5.74, 6) is -0.259. The van der Waals surface area contributed by atoms with Gasteiger partial charge in [-0.3, -0.25) is 0 Å². The molecule has 1 unspecified atom stereocenters. The van der Waals surface area contributed by atoms with E-state index in [0.717, 1.165) is 12.8 Å². The largest absolute Gasteiger partial charge is 0.397 e. The van der Waals surface area contributed by atoms with Gasteiger partial charge >= 0.3 is 0 Å². The second-order valence-corrected chi connectivity index (χ2v) is 3.57. The van der Waals surface area contributed by atoms with E-state index in [1.165, 1.54) is 12.1 Å². The SMILES string of the molecule is CCCC(C)Nc1cc(F)ccc1N. The highest BCUT2D eigenvalue weighted by atomic mass is 19.1. The fraction of sp³-hybridized carbons (Fsp3) is 0.455. The average molecular weight is 196 g/mol. The van der Waals surface area contributed by atoms with Gasteiger partial charge in [-0.2, -0.15) is 0 Å². The molecule has 1 aromatic rings. The first-order valence-corrected chi connectivity index (χ1v) is 4.95. The van der Waals surface area contributed by atoms with E-state index in [-0.39, 0.29) is 5.82 Å². The van der Waals surface area contributed by atoms with E-state index >= 15 is 0 Å². The zero-order valence-electron chi connectivity index (χ0n) is 8.68. The summed E-state index contributed by atoms with van der Waals surface area (Å²) in [5.41, 5.74) is 6.98. The average Bonchev–Trinajstić information content (AvgIpc) is 2.12. The van der Waals surface area contributed by atoms with Crippen LogP contribution in [-0.2, 0) is 0 Å². The molecule has 3 N–H and O–H groups in total. The van der Waals surface area contributed by atoms with Crippen molar-refractivity contribution in [1.82, 2.24) is 0 Å². The minimum atomic E-state index is -0.259. The molecule has 0 radical (unpaired) electrons. The van der Waals surface area contributed by atoms with Crippen LogP contribution in [0.15, 0.2) is 18.2 Å². The molecule has 0 aliphatic rings. The molecule has 0 amide bonds. The Kier molecular flexibility index (Phi) is 3.74. The summed E-state index contributed by atoms with van der Waals surface area (Å²) < 4.78 is 12.9. The van der Waals surface area contributed by atoms with Crippen LogP contribution in [0.5, 0.6) is 0 Å². The molecular weight excluding hydrogens is 179 g/mol. The van der Waals surface area contributed by atoms with Gasteiger partial charge in [0.2, 0.25) is 0 Å². The Bertz CT molecular complexity index is 299. The predicted molar refractivity (Wildman–Crippen MR) is 58.8 cm³/mol. The van der Waals surface area contributed by atoms with Gasteiger partial charge in [0.1, 0.15) is 5.82 Å². The van der Waals surface area contributed by atoms with Crippen LogP contribution in [0.2, 0.25) is 0 Å². The summed E-state index contributed by atoms with van der Waals surface area (Å²) in [5, 5.41) is 3.19. The fourth-order valence-corrected chi connectivity index (χ4v) is 1.42. The molecule has 1 atom stereocenters. The third-order valence-electron chi connectivity index (χ3n) is 2.14. The number of hydrogen-bond donors (Lipinski definition) is 2. The van der Waals surface area contributed by atoms with E-state index in [0.29, 0.717) is 17.4 Å². The fourth-order valence-electron chi connectivity index (χ4n) is 1.42. The molecule has 0 saturated carbocycles. The van der Waals surface area contributed by atoms with Gasteiger partial charge in [0, 0.05) is 6.04 Å². The van der Waals surface area contributed by atoms with Crippen molar-refractivity contribution < 1.29 is 4.39 Å². The normalized spacial score (nSPS) is 12.5. The first kappa shape index (κ1) is 10.8. The number of anilines is 2. The molecular formula is C11H17FN2. The molecule has 0 aliphatic carbocycles. The first-order valence-electron chi connectivity index (χ1n) is 4.95. The lowest BCUT2D eigenvalue weighted by molar-refractivity contribution is 0.627. The lowest BCUT2D eigenvalue weighted by atomic mass is 10.1. The second-order valence-electron chi connectivity index (χ2n) is 3.57. The zero-order valence-corrected chi connectivity index (χ0v) is 8.68. The maximum Gasteiger partial charge on any atom is 0.125 e. The summed E-state index contributed by atoms with van der Waals surface area (Å²) >= 11 is 0. The third-order valence-corrected chi connectivity index (χ3v) is 2.14. The van der Waals surface area contributed by atoms with Gasteiger partial charge < -0.3 is 11.1 Å². The van der Waals surface area contributed by atoms with Crippen molar-refractivity contribution in [3.05, 3.63) is 24.0 Å². The van der Waals surface area contributed by atoms with Crippen LogP contribution in [0.1, 0.15) is 26.7 Å². The molecule has 0 aromatic heterocycles. The topological polar surface area (TPSA) is 38.0 Å². The van der Waals surface area contributed by atoms with E-state index in [2.05, 4.69) is 19.2 Å². The van der Waals surface area contributed by atoms with Gasteiger partial charge in [0.05, 0.1) is 11.4 Å². The number of nitrogens with one attached hydrogen (secondary N) is 1. The van der Waals surface area contributed by atoms with Crippen LogP contribution in [0, 0.1) is 5.82 Å². The van der Waals surface area contributed by atoms with Crippen LogP contribution < -0.4 is 11.1 Å². The predicted octanol–water partition coefficient (Wildman–Crippen LogP) is 3.01. The first-order chi connectivity index (χ1) is 6.63. The van der Waals surface area contributed by atoms with Gasteiger partial charge in [-0.25, -0.2) is 4.39 Å². The number of rotatable bonds is 4. The lowest BCUT2D eigenvalue weighted by Crippen LogP contribution is -2.15. The van der Waals surface area contributed by atoms with E-state index in [9.17, 15) is 4.39 Å². The molecule has 0 bridgehead atoms. The van der Waals surface area contributed by atoms with Crippen LogP contribution in [0.25, 0.3) is 0 Å². The Balaban J connectivity index is 2.70. The molecule has 0 spiro atoms. The van der Waals surface area contributed by atoms with Crippen molar-refractivity contribution in [2.45, 2.75) is 32.7 Å². The maximum absolute atomic E-state index is 12.9. The van der Waals surface area contributed by atoms with E-state index in [4.69, 9.17) is 5.73 Å². The Morgan fingerprint density at radius 1 is 1.50 bits per heavy atom. The van der Waals surface area contributed by atoms with E-state index in [1.807, 2.05) is 0 Å². The molecule has 1 rings (SSSR count). The monoisotopic (exact) mass is 196 g/mol. The van der Waals surface area contributed by atoms with Crippen LogP contribution >= 0.6 is 0 Å². The summed E-state index contributed by atoms with van der Waals surface area (Å²) in [4.78, 5) is 0. The van der Waals surface area contributed by atoms with Gasteiger partial charge in [-0.15, -0.1) is 0 Å². The Labute approximate surface area is 84.3 Å². The summed E-state index contributed by atoms with van der Waals surface area (Å²) in [6, 6.07) is 4.70. The van der Waals surface area contributed by atoms with Crippen LogP contribution in [-0.4, -0.2) is 6.04 Å². The van der Waals surface area contributed by atoms with Gasteiger partial charge in [0.25, 0.3) is 0 Å². The summed E-state index contributed by atoms with van der Waals surface area (Å²) in [7, 11) is 0. The minimum absolute atomic E-state index is 0.259. The third kappa shape index (κ3) is 2.91. The summed E-state index contributed by atoms with van der Waals surface area (Å²) in [6.45, 7) is 4.18. The highest BCUT2D eigenvalue weighted by Crippen LogP contribution is 2.20. The minimum Gasteiger partial charge on any atom is -0.397 e. The maximum atomic E-state index is 12.9. The molecule has 3 heteroatoms. The Morgan fingerprint density at radius 2 is 2.21 bits per heavy atom. The summed E-state index contributed by atoms with van der Waals surface area (Å²) in [6.07, 6.45) is 2.15. The smallest absolute Gasteiger partial charge is 0.125 e. The Morgan fingerprint density at radius 3 is 2.86 bits per heavy atom. The van der Waals surface area contributed by atoms with Crippen molar-refractivity contribution >= 4 is 11.4 Å². The van der Waals surface area contributed by atoms with Gasteiger partial charge in [-0.05, 0) is 31.5 Å². The highest BCUT2D eigenvalue weighted by molar-refractivity contribution is 5.66. The van der Waals surface area contributed by atoms with E-state index in [1.54, 1.807) is 6.07 Å². The number of nitrogens with two attached hydrogens (primary N) is 1. The van der Waals surface area contributed by atoms with Crippen LogP contribution in [0.4, 0.5) is 15.8 Å². The molecule has 14 heavy (non-hydrogen) atoms. The molecule has 0 aliphatic heterocycles. The van der Waals surface area contributed by atoms with Crippen LogP contribution in [0.3, 0.4) is 0 Å². The Hall–Kier alpha value is -1.25. The highest BCUT2D eigenvalue weighted by Gasteiger charge is 2.04. The molecule has 2 nitrogen and oxygen atoms in total.